The van der Waals surface area contributed by atoms with E-state index in [2.05, 4.69) is 4.99 Å². The molecule has 0 aliphatic carbocycles. The maximum atomic E-state index is 13.6. The van der Waals surface area contributed by atoms with Crippen molar-refractivity contribution in [2.75, 3.05) is 13.7 Å². The lowest BCUT2D eigenvalue weighted by atomic mass is 10.2. The number of methoxy groups -OCH3 is 1. The van der Waals surface area contributed by atoms with Gasteiger partial charge in [0.15, 0.2) is 0 Å². The summed E-state index contributed by atoms with van der Waals surface area (Å²) in [6, 6.07) is 15.0. The fourth-order valence-corrected chi connectivity index (χ4v) is 2.35. The Kier molecular flexibility index (Phi) is 4.67. The third kappa shape index (κ3) is 3.61. The van der Waals surface area contributed by atoms with E-state index < -0.39 is 18.5 Å². The fourth-order valence-electron chi connectivity index (χ4n) is 2.35. The molecule has 1 aliphatic rings. The highest BCUT2D eigenvalue weighted by atomic mass is 19.4. The van der Waals surface area contributed by atoms with E-state index in [4.69, 9.17) is 14.2 Å². The summed E-state index contributed by atoms with van der Waals surface area (Å²) >= 11 is 0. The van der Waals surface area contributed by atoms with Crippen molar-refractivity contribution in [1.82, 2.24) is 0 Å². The molecule has 25 heavy (non-hydrogen) atoms. The smallest absolute Gasteiger partial charge is 0.442 e. The molecule has 7 heteroatoms. The minimum Gasteiger partial charge on any atom is -0.497 e. The Bertz CT molecular complexity index is 744. The lowest BCUT2D eigenvalue weighted by Gasteiger charge is -2.26. The number of hydrogen-bond acceptors (Lipinski definition) is 4. The summed E-state index contributed by atoms with van der Waals surface area (Å²) in [6.45, 7) is -0.963. The van der Waals surface area contributed by atoms with Crippen molar-refractivity contribution >= 4 is 5.90 Å². The van der Waals surface area contributed by atoms with Crippen LogP contribution < -0.4 is 4.74 Å². The van der Waals surface area contributed by atoms with Crippen LogP contribution >= 0.6 is 0 Å². The highest BCUT2D eigenvalue weighted by Gasteiger charge is 2.60. The maximum absolute atomic E-state index is 13.6. The van der Waals surface area contributed by atoms with Gasteiger partial charge in [-0.2, -0.15) is 13.2 Å². The van der Waals surface area contributed by atoms with Crippen molar-refractivity contribution in [3.8, 4) is 5.75 Å². The van der Waals surface area contributed by atoms with Crippen LogP contribution in [0.5, 0.6) is 5.75 Å². The average Bonchev–Trinajstić information content (AvgIpc) is 3.07. The van der Waals surface area contributed by atoms with Crippen LogP contribution in [0, 0.1) is 0 Å². The van der Waals surface area contributed by atoms with Gasteiger partial charge in [-0.25, -0.2) is 4.99 Å². The molecule has 0 N–H and O–H groups in total. The van der Waals surface area contributed by atoms with Crippen molar-refractivity contribution in [3.05, 3.63) is 65.7 Å². The topological polar surface area (TPSA) is 40.0 Å². The maximum Gasteiger partial charge on any atom is 0.442 e. The molecule has 0 spiro atoms. The monoisotopic (exact) mass is 351 g/mol. The normalized spacial score (nSPS) is 20.1. The summed E-state index contributed by atoms with van der Waals surface area (Å²) < 4.78 is 56.2. The van der Waals surface area contributed by atoms with E-state index in [1.54, 1.807) is 54.6 Å². The third-order valence-corrected chi connectivity index (χ3v) is 3.79. The van der Waals surface area contributed by atoms with Crippen LogP contribution in [-0.4, -0.2) is 31.5 Å². The highest BCUT2D eigenvalue weighted by Crippen LogP contribution is 2.39. The largest absolute Gasteiger partial charge is 0.497 e. The number of benzene rings is 2. The zero-order valence-electron chi connectivity index (χ0n) is 13.4. The van der Waals surface area contributed by atoms with Crippen molar-refractivity contribution < 1.29 is 27.4 Å². The first-order valence-electron chi connectivity index (χ1n) is 7.55. The summed E-state index contributed by atoms with van der Waals surface area (Å²) in [6.07, 6.45) is -4.70. The Labute approximate surface area is 142 Å². The van der Waals surface area contributed by atoms with Crippen molar-refractivity contribution in [3.63, 3.8) is 0 Å². The van der Waals surface area contributed by atoms with Crippen LogP contribution in [0.3, 0.4) is 0 Å². The van der Waals surface area contributed by atoms with E-state index in [1.807, 2.05) is 0 Å². The predicted octanol–water partition coefficient (Wildman–Crippen LogP) is 3.95. The summed E-state index contributed by atoms with van der Waals surface area (Å²) in [7, 11) is 1.51. The van der Waals surface area contributed by atoms with E-state index in [0.717, 1.165) is 0 Å². The lowest BCUT2D eigenvalue weighted by molar-refractivity contribution is -0.281. The number of rotatable bonds is 5. The Morgan fingerprint density at radius 2 is 1.76 bits per heavy atom. The van der Waals surface area contributed by atoms with Gasteiger partial charge < -0.3 is 14.2 Å². The number of hydrogen-bond donors (Lipinski definition) is 0. The van der Waals surface area contributed by atoms with Crippen LogP contribution in [0.4, 0.5) is 13.2 Å². The molecular formula is C18H16F3NO3. The minimum absolute atomic E-state index is 0.0762. The molecule has 4 nitrogen and oxygen atoms in total. The Morgan fingerprint density at radius 3 is 2.36 bits per heavy atom. The van der Waals surface area contributed by atoms with Crippen LogP contribution in [0.15, 0.2) is 59.6 Å². The highest BCUT2D eigenvalue weighted by molar-refractivity contribution is 5.95. The molecule has 1 heterocycles. The van der Waals surface area contributed by atoms with Gasteiger partial charge in [0.1, 0.15) is 12.4 Å². The molecule has 0 saturated heterocycles. The fraction of sp³-hybridized carbons (Fsp3) is 0.278. The molecule has 1 aliphatic heterocycles. The van der Waals surface area contributed by atoms with Crippen molar-refractivity contribution in [2.45, 2.75) is 18.5 Å². The van der Waals surface area contributed by atoms with Crippen LogP contribution in [0.25, 0.3) is 0 Å². The Hall–Kier alpha value is -2.54. The molecule has 0 saturated carbocycles. The standard InChI is InChI=1S/C18H16F3NO3/c1-23-15-9-7-13(8-10-15)11-25-17(18(19,20)21)12-24-16(22-17)14-5-3-2-4-6-14/h2-10H,11-12H2,1H3. The van der Waals surface area contributed by atoms with Gasteiger partial charge in [0.2, 0.25) is 5.90 Å². The molecule has 2 aromatic rings. The van der Waals surface area contributed by atoms with E-state index >= 15 is 0 Å². The number of alkyl halides is 3. The molecule has 0 bridgehead atoms. The summed E-state index contributed by atoms with van der Waals surface area (Å²) in [5.41, 5.74) is -1.66. The molecule has 2 aromatic carbocycles. The second-order valence-corrected chi connectivity index (χ2v) is 5.49. The number of nitrogens with zero attached hydrogens (tertiary/aromatic N) is 1. The molecule has 0 fully saturated rings. The summed E-state index contributed by atoms with van der Waals surface area (Å²) in [5.74, 6) is 0.538. The predicted molar refractivity (Wildman–Crippen MR) is 85.5 cm³/mol. The second-order valence-electron chi connectivity index (χ2n) is 5.49. The number of aliphatic imine (C=N–C) groups is 1. The summed E-state index contributed by atoms with van der Waals surface area (Å²) in [4.78, 5) is 3.73. The second kappa shape index (κ2) is 6.76. The van der Waals surface area contributed by atoms with Crippen LogP contribution in [0.2, 0.25) is 0 Å². The van der Waals surface area contributed by atoms with Gasteiger partial charge in [0.05, 0.1) is 13.7 Å². The number of ether oxygens (including phenoxy) is 3. The molecule has 1 atom stereocenters. The van der Waals surface area contributed by atoms with Crippen LogP contribution in [-0.2, 0) is 16.1 Å². The van der Waals surface area contributed by atoms with Crippen molar-refractivity contribution in [1.29, 1.82) is 0 Å². The van der Waals surface area contributed by atoms with Crippen molar-refractivity contribution in [2.24, 2.45) is 4.99 Å². The average molecular weight is 351 g/mol. The first-order valence-corrected chi connectivity index (χ1v) is 7.55. The lowest BCUT2D eigenvalue weighted by Crippen LogP contribution is -2.47. The zero-order valence-corrected chi connectivity index (χ0v) is 13.4. The Morgan fingerprint density at radius 1 is 1.08 bits per heavy atom. The van der Waals surface area contributed by atoms with E-state index in [1.165, 1.54) is 7.11 Å². The Balaban J connectivity index is 1.81. The molecule has 132 valence electrons. The van der Waals surface area contributed by atoms with Gasteiger partial charge >= 0.3 is 6.18 Å². The minimum atomic E-state index is -4.70. The van der Waals surface area contributed by atoms with Gasteiger partial charge in [-0.05, 0) is 29.8 Å². The molecule has 0 aromatic heterocycles. The SMILES string of the molecule is COc1ccc(COC2(C(F)(F)F)COC(c3ccccc3)=N2)cc1. The first kappa shape index (κ1) is 17.3. The van der Waals surface area contributed by atoms with Gasteiger partial charge in [-0.15, -0.1) is 0 Å². The molecule has 0 radical (unpaired) electrons. The molecule has 0 amide bonds. The quantitative estimate of drug-likeness (QED) is 0.819. The molecular weight excluding hydrogens is 335 g/mol. The number of halogens is 3. The molecule has 3 rings (SSSR count). The van der Waals surface area contributed by atoms with E-state index in [9.17, 15) is 13.2 Å². The third-order valence-electron chi connectivity index (χ3n) is 3.79. The van der Waals surface area contributed by atoms with Gasteiger partial charge in [-0.1, -0.05) is 30.3 Å². The summed E-state index contributed by atoms with van der Waals surface area (Å²) in [5, 5.41) is 0. The van der Waals surface area contributed by atoms with Gasteiger partial charge in [0, 0.05) is 5.56 Å². The zero-order chi connectivity index (χ0) is 17.9. The first-order chi connectivity index (χ1) is 11.9. The molecule has 1 unspecified atom stereocenters. The van der Waals surface area contributed by atoms with Gasteiger partial charge in [-0.3, -0.25) is 0 Å². The van der Waals surface area contributed by atoms with E-state index in [-0.39, 0.29) is 12.5 Å². The van der Waals surface area contributed by atoms with Gasteiger partial charge in [0.25, 0.3) is 5.72 Å². The van der Waals surface area contributed by atoms with Crippen LogP contribution in [0.1, 0.15) is 11.1 Å². The van der Waals surface area contributed by atoms with E-state index in [0.29, 0.717) is 16.9 Å².